The molecule has 0 amide bonds. The van der Waals surface area contributed by atoms with Crippen molar-refractivity contribution in [2.24, 2.45) is 0 Å². The molecule has 1 saturated heterocycles. The molecule has 0 radical (unpaired) electrons. The van der Waals surface area contributed by atoms with Crippen molar-refractivity contribution >= 4 is 6.20 Å². The summed E-state index contributed by atoms with van der Waals surface area (Å²) in [6, 6.07) is 2.52. The van der Waals surface area contributed by atoms with Crippen LogP contribution >= 0.6 is 0 Å². The molecule has 3 heteroatoms. The molecule has 12 heavy (non-hydrogen) atoms. The summed E-state index contributed by atoms with van der Waals surface area (Å²) < 4.78 is 1.84. The van der Waals surface area contributed by atoms with Crippen LogP contribution in [0.4, 0.5) is 0 Å². The Balaban J connectivity index is 2.25. The Kier molecular flexibility index (Phi) is 1.96. The van der Waals surface area contributed by atoms with E-state index in [0.717, 1.165) is 6.54 Å². The first kappa shape index (κ1) is 7.55. The quantitative estimate of drug-likeness (QED) is 0.714. The second kappa shape index (κ2) is 3.11. The highest BCUT2D eigenvalue weighted by molar-refractivity contribution is 5.22. The van der Waals surface area contributed by atoms with Crippen molar-refractivity contribution in [3.63, 3.8) is 0 Å². The SMILES string of the molecule is C=Cn1nccc1C1CCCN1. The molecule has 1 unspecified atom stereocenters. The molecule has 0 saturated carbocycles. The topological polar surface area (TPSA) is 29.9 Å². The van der Waals surface area contributed by atoms with E-state index in [-0.39, 0.29) is 0 Å². The molecule has 1 aromatic heterocycles. The highest BCUT2D eigenvalue weighted by Crippen LogP contribution is 2.22. The van der Waals surface area contributed by atoms with E-state index in [0.29, 0.717) is 6.04 Å². The van der Waals surface area contributed by atoms with Crippen LogP contribution in [0.2, 0.25) is 0 Å². The van der Waals surface area contributed by atoms with Crippen molar-refractivity contribution in [1.82, 2.24) is 15.1 Å². The molecule has 0 bridgehead atoms. The molecule has 64 valence electrons. The smallest absolute Gasteiger partial charge is 0.0604 e. The molecule has 0 spiro atoms. The molecule has 2 rings (SSSR count). The van der Waals surface area contributed by atoms with Crippen molar-refractivity contribution in [3.05, 3.63) is 24.5 Å². The lowest BCUT2D eigenvalue weighted by molar-refractivity contribution is 0.607. The summed E-state index contributed by atoms with van der Waals surface area (Å²) in [6.07, 6.45) is 6.03. The highest BCUT2D eigenvalue weighted by atomic mass is 15.3. The molecule has 1 aliphatic rings. The maximum Gasteiger partial charge on any atom is 0.0604 e. The number of nitrogens with one attached hydrogen (secondary N) is 1. The monoisotopic (exact) mass is 163 g/mol. The van der Waals surface area contributed by atoms with Crippen LogP contribution in [0.25, 0.3) is 6.20 Å². The van der Waals surface area contributed by atoms with E-state index < -0.39 is 0 Å². The number of aromatic nitrogens is 2. The van der Waals surface area contributed by atoms with Crippen molar-refractivity contribution in [3.8, 4) is 0 Å². The highest BCUT2D eigenvalue weighted by Gasteiger charge is 2.18. The summed E-state index contributed by atoms with van der Waals surface area (Å²) in [4.78, 5) is 0. The van der Waals surface area contributed by atoms with Crippen LogP contribution in [0.3, 0.4) is 0 Å². The molecule has 0 aliphatic carbocycles. The van der Waals surface area contributed by atoms with E-state index in [1.165, 1.54) is 18.5 Å². The van der Waals surface area contributed by atoms with Gasteiger partial charge in [-0.05, 0) is 25.5 Å². The van der Waals surface area contributed by atoms with Crippen LogP contribution in [0.15, 0.2) is 18.8 Å². The molecule has 1 aromatic rings. The lowest BCUT2D eigenvalue weighted by Gasteiger charge is -2.09. The molecule has 3 nitrogen and oxygen atoms in total. The van der Waals surface area contributed by atoms with Crippen molar-refractivity contribution in [2.75, 3.05) is 6.54 Å². The molecule has 1 atom stereocenters. The van der Waals surface area contributed by atoms with Crippen LogP contribution in [-0.2, 0) is 0 Å². The molecular formula is C9H13N3. The van der Waals surface area contributed by atoms with Gasteiger partial charge in [0.15, 0.2) is 0 Å². The fourth-order valence-corrected chi connectivity index (χ4v) is 1.69. The van der Waals surface area contributed by atoms with Crippen molar-refractivity contribution in [1.29, 1.82) is 0 Å². The summed E-state index contributed by atoms with van der Waals surface area (Å²) in [5.41, 5.74) is 1.22. The van der Waals surface area contributed by atoms with Crippen LogP contribution < -0.4 is 5.32 Å². The Morgan fingerprint density at radius 1 is 1.75 bits per heavy atom. The van der Waals surface area contributed by atoms with Gasteiger partial charge < -0.3 is 5.32 Å². The van der Waals surface area contributed by atoms with E-state index in [9.17, 15) is 0 Å². The molecule has 1 aliphatic heterocycles. The first-order valence-electron chi connectivity index (χ1n) is 4.31. The normalized spacial score (nSPS) is 22.8. The van der Waals surface area contributed by atoms with Gasteiger partial charge in [-0.25, -0.2) is 4.68 Å². The Bertz CT molecular complexity index is 271. The fourth-order valence-electron chi connectivity index (χ4n) is 1.69. The Morgan fingerprint density at radius 2 is 2.67 bits per heavy atom. The zero-order chi connectivity index (χ0) is 8.39. The summed E-state index contributed by atoms with van der Waals surface area (Å²) in [7, 11) is 0. The van der Waals surface area contributed by atoms with E-state index in [1.54, 1.807) is 6.20 Å². The molecule has 0 aromatic carbocycles. The first-order valence-corrected chi connectivity index (χ1v) is 4.31. The lowest BCUT2D eigenvalue weighted by atomic mass is 10.1. The molecular weight excluding hydrogens is 150 g/mol. The number of hydrogen-bond acceptors (Lipinski definition) is 2. The average molecular weight is 163 g/mol. The molecule has 1 N–H and O–H groups in total. The van der Waals surface area contributed by atoms with Gasteiger partial charge in [0.05, 0.1) is 5.69 Å². The number of rotatable bonds is 2. The largest absolute Gasteiger partial charge is 0.309 e. The standard InChI is InChI=1S/C9H13N3/c1-2-12-9(5-7-11-12)8-4-3-6-10-8/h2,5,7-8,10H,1,3-4,6H2. The third-order valence-corrected chi connectivity index (χ3v) is 2.29. The Hall–Kier alpha value is -1.09. The van der Waals surface area contributed by atoms with Crippen molar-refractivity contribution in [2.45, 2.75) is 18.9 Å². The van der Waals surface area contributed by atoms with Gasteiger partial charge >= 0.3 is 0 Å². The maximum absolute atomic E-state index is 4.14. The van der Waals surface area contributed by atoms with Crippen LogP contribution in [0.5, 0.6) is 0 Å². The van der Waals surface area contributed by atoms with Crippen molar-refractivity contribution < 1.29 is 0 Å². The van der Waals surface area contributed by atoms with Gasteiger partial charge in [0.2, 0.25) is 0 Å². The summed E-state index contributed by atoms with van der Waals surface area (Å²) >= 11 is 0. The average Bonchev–Trinajstić information content (AvgIpc) is 2.74. The van der Waals surface area contributed by atoms with E-state index in [4.69, 9.17) is 0 Å². The third kappa shape index (κ3) is 1.16. The number of hydrogen-bond donors (Lipinski definition) is 1. The van der Waals surface area contributed by atoms with Gasteiger partial charge in [-0.1, -0.05) is 6.58 Å². The van der Waals surface area contributed by atoms with Gasteiger partial charge in [-0.2, -0.15) is 5.10 Å². The minimum atomic E-state index is 0.477. The Labute approximate surface area is 72.1 Å². The van der Waals surface area contributed by atoms with Gasteiger partial charge in [0.1, 0.15) is 0 Å². The van der Waals surface area contributed by atoms with Gasteiger partial charge in [-0.15, -0.1) is 0 Å². The third-order valence-electron chi connectivity index (χ3n) is 2.29. The molecule has 1 fully saturated rings. The summed E-state index contributed by atoms with van der Waals surface area (Å²) in [5, 5.41) is 7.56. The zero-order valence-electron chi connectivity index (χ0n) is 7.03. The second-order valence-corrected chi connectivity index (χ2v) is 3.03. The summed E-state index contributed by atoms with van der Waals surface area (Å²) in [5.74, 6) is 0. The minimum Gasteiger partial charge on any atom is -0.309 e. The second-order valence-electron chi connectivity index (χ2n) is 3.03. The first-order chi connectivity index (χ1) is 5.92. The van der Waals surface area contributed by atoms with E-state index in [2.05, 4.69) is 17.0 Å². The number of nitrogens with zero attached hydrogens (tertiary/aromatic N) is 2. The van der Waals surface area contributed by atoms with Crippen LogP contribution in [-0.4, -0.2) is 16.3 Å². The van der Waals surface area contributed by atoms with Gasteiger partial charge in [0, 0.05) is 18.4 Å². The van der Waals surface area contributed by atoms with Gasteiger partial charge in [-0.3, -0.25) is 0 Å². The lowest BCUT2D eigenvalue weighted by Crippen LogP contribution is -2.15. The Morgan fingerprint density at radius 3 is 3.33 bits per heavy atom. The van der Waals surface area contributed by atoms with E-state index in [1.807, 2.05) is 16.9 Å². The minimum absolute atomic E-state index is 0.477. The van der Waals surface area contributed by atoms with Gasteiger partial charge in [0.25, 0.3) is 0 Å². The predicted octanol–water partition coefficient (Wildman–Crippen LogP) is 1.41. The van der Waals surface area contributed by atoms with Crippen LogP contribution in [0.1, 0.15) is 24.6 Å². The predicted molar refractivity (Wildman–Crippen MR) is 48.6 cm³/mol. The molecule has 2 heterocycles. The fraction of sp³-hybridized carbons (Fsp3) is 0.444. The van der Waals surface area contributed by atoms with E-state index >= 15 is 0 Å². The summed E-state index contributed by atoms with van der Waals surface area (Å²) in [6.45, 7) is 4.83. The van der Waals surface area contributed by atoms with Crippen LogP contribution in [0, 0.1) is 0 Å². The maximum atomic E-state index is 4.14. The zero-order valence-corrected chi connectivity index (χ0v) is 7.03.